The summed E-state index contributed by atoms with van der Waals surface area (Å²) < 4.78 is 20.0. The molecule has 2 atom stereocenters. The molecule has 2 unspecified atom stereocenters. The Kier molecular flexibility index (Phi) is 27.9. The Morgan fingerprint density at radius 2 is 0.941 bits per heavy atom. The quantitative estimate of drug-likeness (QED) is 0.0550. The lowest BCUT2D eigenvalue weighted by molar-refractivity contribution is -0.133. The highest BCUT2D eigenvalue weighted by Gasteiger charge is 2.22. The Labute approximate surface area is 299 Å². The van der Waals surface area contributed by atoms with E-state index in [4.69, 9.17) is 18.9 Å². The number of carbonyl (C=O) groups is 8. The molecular formula is C33H58N6O12. The molecule has 0 radical (unpaired) electrons. The van der Waals surface area contributed by atoms with Gasteiger partial charge in [-0.2, -0.15) is 0 Å². The summed E-state index contributed by atoms with van der Waals surface area (Å²) in [6.45, 7) is 6.85. The van der Waals surface area contributed by atoms with E-state index >= 15 is 0 Å². The fraction of sp³-hybridized carbons (Fsp3) is 0.758. The molecule has 0 aliphatic rings. The molecule has 0 spiro atoms. The normalized spacial score (nSPS) is 11.7. The van der Waals surface area contributed by atoms with Gasteiger partial charge in [0.05, 0.1) is 13.2 Å². The summed E-state index contributed by atoms with van der Waals surface area (Å²) in [5.74, 6) is -2.31. The number of alkyl carbamates (subject to hydrolysis) is 2. The van der Waals surface area contributed by atoms with Crippen LogP contribution in [0.25, 0.3) is 0 Å². The number of hydrogen-bond acceptors (Lipinski definition) is 12. The molecule has 0 aliphatic carbocycles. The zero-order chi connectivity index (χ0) is 38.3. The van der Waals surface area contributed by atoms with Crippen molar-refractivity contribution in [3.05, 3.63) is 0 Å². The van der Waals surface area contributed by atoms with Gasteiger partial charge in [-0.15, -0.1) is 0 Å². The molecule has 6 N–H and O–H groups in total. The highest BCUT2D eigenvalue weighted by Crippen LogP contribution is 2.04. The molecule has 0 bridgehead atoms. The molecule has 0 aromatic heterocycles. The molecule has 292 valence electrons. The number of unbranched alkanes of at least 4 members (excludes halogenated alkanes) is 2. The predicted molar refractivity (Wildman–Crippen MR) is 184 cm³/mol. The Hall–Kier alpha value is -4.32. The van der Waals surface area contributed by atoms with E-state index in [1.807, 2.05) is 13.8 Å². The van der Waals surface area contributed by atoms with Crippen LogP contribution in [0.15, 0.2) is 0 Å². The van der Waals surface area contributed by atoms with E-state index in [1.54, 1.807) is 0 Å². The zero-order valence-electron chi connectivity index (χ0n) is 30.5. The van der Waals surface area contributed by atoms with Crippen LogP contribution in [0.2, 0.25) is 0 Å². The van der Waals surface area contributed by atoms with Crippen molar-refractivity contribution in [1.29, 1.82) is 0 Å². The van der Waals surface area contributed by atoms with Crippen molar-refractivity contribution in [1.82, 2.24) is 31.9 Å². The molecule has 0 aromatic carbocycles. The van der Waals surface area contributed by atoms with Gasteiger partial charge in [-0.1, -0.05) is 13.8 Å². The Morgan fingerprint density at radius 3 is 1.45 bits per heavy atom. The van der Waals surface area contributed by atoms with Crippen LogP contribution in [-0.2, 0) is 47.7 Å². The monoisotopic (exact) mass is 730 g/mol. The van der Waals surface area contributed by atoms with Crippen molar-refractivity contribution in [2.24, 2.45) is 0 Å². The fourth-order valence-electron chi connectivity index (χ4n) is 4.15. The van der Waals surface area contributed by atoms with Crippen molar-refractivity contribution in [3.63, 3.8) is 0 Å². The van der Waals surface area contributed by atoms with Crippen LogP contribution >= 0.6 is 0 Å². The van der Waals surface area contributed by atoms with Gasteiger partial charge < -0.3 is 50.8 Å². The van der Waals surface area contributed by atoms with E-state index in [0.717, 1.165) is 0 Å². The van der Waals surface area contributed by atoms with Gasteiger partial charge in [0.1, 0.15) is 38.5 Å². The van der Waals surface area contributed by atoms with Crippen molar-refractivity contribution in [3.8, 4) is 0 Å². The minimum atomic E-state index is -0.923. The molecule has 0 aromatic rings. The van der Waals surface area contributed by atoms with Gasteiger partial charge >= 0.3 is 12.2 Å². The summed E-state index contributed by atoms with van der Waals surface area (Å²) >= 11 is 0. The zero-order valence-corrected chi connectivity index (χ0v) is 30.5. The van der Waals surface area contributed by atoms with E-state index in [1.165, 1.54) is 13.8 Å². The highest BCUT2D eigenvalue weighted by molar-refractivity contribution is 5.88. The van der Waals surface area contributed by atoms with E-state index in [9.17, 15) is 38.4 Å². The average molecular weight is 731 g/mol. The van der Waals surface area contributed by atoms with Crippen molar-refractivity contribution >= 4 is 47.4 Å². The van der Waals surface area contributed by atoms with Crippen molar-refractivity contribution < 1.29 is 57.3 Å². The molecule has 18 heteroatoms. The minimum absolute atomic E-state index is 0.154. The van der Waals surface area contributed by atoms with Crippen molar-refractivity contribution in [2.75, 3.05) is 65.8 Å². The van der Waals surface area contributed by atoms with Crippen LogP contribution in [0.3, 0.4) is 0 Å². The van der Waals surface area contributed by atoms with Gasteiger partial charge in [0.2, 0.25) is 23.6 Å². The van der Waals surface area contributed by atoms with Crippen LogP contribution in [0.1, 0.15) is 85.5 Å². The topological polar surface area (TPSA) is 246 Å². The lowest BCUT2D eigenvalue weighted by Gasteiger charge is -2.20. The average Bonchev–Trinajstić information content (AvgIpc) is 3.07. The second-order valence-electron chi connectivity index (χ2n) is 11.7. The second-order valence-corrected chi connectivity index (χ2v) is 11.7. The lowest BCUT2D eigenvalue weighted by Crippen LogP contribution is -2.49. The van der Waals surface area contributed by atoms with Crippen LogP contribution in [0.4, 0.5) is 9.59 Å². The van der Waals surface area contributed by atoms with Gasteiger partial charge in [0.25, 0.3) is 0 Å². The largest absolute Gasteiger partial charge is 0.450 e. The van der Waals surface area contributed by atoms with Gasteiger partial charge in [0.15, 0.2) is 11.6 Å². The molecule has 0 saturated carbocycles. The van der Waals surface area contributed by atoms with Crippen LogP contribution in [0, 0.1) is 0 Å². The third-order valence-electron chi connectivity index (χ3n) is 6.59. The predicted octanol–water partition coefficient (Wildman–Crippen LogP) is 0.403. The number of ketones is 2. The number of Topliss-reactive ketones (excluding diaryl/α,β-unsaturated/α-hetero) is 2. The highest BCUT2D eigenvalue weighted by atomic mass is 16.6. The molecule has 0 heterocycles. The van der Waals surface area contributed by atoms with Gasteiger partial charge in [-0.25, -0.2) is 9.59 Å². The van der Waals surface area contributed by atoms with Gasteiger partial charge in [-0.3, -0.25) is 28.8 Å². The molecule has 0 aliphatic heterocycles. The first-order valence-electron chi connectivity index (χ1n) is 17.5. The summed E-state index contributed by atoms with van der Waals surface area (Å²) in [5, 5.41) is 15.9. The number of amides is 6. The van der Waals surface area contributed by atoms with Crippen LogP contribution < -0.4 is 31.9 Å². The molecule has 6 amide bonds. The number of ether oxygens (including phenoxy) is 4. The Morgan fingerprint density at radius 1 is 0.490 bits per heavy atom. The fourth-order valence-corrected chi connectivity index (χ4v) is 4.15. The first-order valence-corrected chi connectivity index (χ1v) is 17.5. The van der Waals surface area contributed by atoms with Crippen LogP contribution in [0.5, 0.6) is 0 Å². The summed E-state index contributed by atoms with van der Waals surface area (Å²) in [6.07, 6.45) is 3.01. The number of hydrogen-bond donors (Lipinski definition) is 6. The molecule has 0 fully saturated rings. The number of rotatable bonds is 30. The van der Waals surface area contributed by atoms with Gasteiger partial charge in [0, 0.05) is 26.2 Å². The smallest absolute Gasteiger partial charge is 0.407 e. The molecular weight excluding hydrogens is 672 g/mol. The van der Waals surface area contributed by atoms with Crippen molar-refractivity contribution in [2.45, 2.75) is 97.6 Å². The Bertz CT molecular complexity index is 1090. The molecule has 18 nitrogen and oxygen atoms in total. The standard InChI is InChI=1S/C33H58N6O12/c1-5-18-50-32(46)37-15-10-8-13-27(39-33(47)51-19-6-2)31(45)36-17-11-16-35-30(44)26(38-29(43)23-49-21-25(4)41)12-7-9-14-34-28(42)22-48-20-24(3)40/h26-27H,5-23H2,1-4H3,(H,34,42)(H,35,44)(H,36,45)(H,37,46)(H,38,43)(H,39,47). The van der Waals surface area contributed by atoms with E-state index in [2.05, 4.69) is 31.9 Å². The third kappa shape index (κ3) is 28.1. The first-order chi connectivity index (χ1) is 24.4. The summed E-state index contributed by atoms with van der Waals surface area (Å²) in [4.78, 5) is 95.8. The minimum Gasteiger partial charge on any atom is -0.450 e. The lowest BCUT2D eigenvalue weighted by atomic mass is 10.1. The molecule has 0 rings (SSSR count). The Balaban J connectivity index is 4.87. The van der Waals surface area contributed by atoms with E-state index in [-0.39, 0.29) is 63.4 Å². The number of carbonyl (C=O) groups excluding carboxylic acids is 8. The summed E-state index contributed by atoms with van der Waals surface area (Å²) in [5.41, 5.74) is 0. The molecule has 51 heavy (non-hydrogen) atoms. The van der Waals surface area contributed by atoms with Gasteiger partial charge in [-0.05, 0) is 71.6 Å². The summed E-state index contributed by atoms with van der Waals surface area (Å²) in [7, 11) is 0. The molecule has 0 saturated heterocycles. The SMILES string of the molecule is CCCOC(=O)NCCCCC(NC(=O)OCCC)C(=O)NCCCNC(=O)C(CCCCNC(=O)COCC(C)=O)NC(=O)COCC(C)=O. The maximum atomic E-state index is 13.0. The van der Waals surface area contributed by atoms with E-state index < -0.39 is 48.6 Å². The third-order valence-corrected chi connectivity index (χ3v) is 6.59. The van der Waals surface area contributed by atoms with Crippen LogP contribution in [-0.4, -0.2) is 125 Å². The first kappa shape index (κ1) is 46.7. The van der Waals surface area contributed by atoms with E-state index in [0.29, 0.717) is 71.1 Å². The number of nitrogens with one attached hydrogen (secondary N) is 6. The summed E-state index contributed by atoms with van der Waals surface area (Å²) in [6, 6.07) is -1.80. The second kappa shape index (κ2) is 30.5. The maximum Gasteiger partial charge on any atom is 0.407 e. The maximum absolute atomic E-state index is 13.0.